The van der Waals surface area contributed by atoms with Crippen LogP contribution in [0.4, 0.5) is 10.2 Å². The Morgan fingerprint density at radius 1 is 1.12 bits per heavy atom. The zero-order valence-electron chi connectivity index (χ0n) is 22.5. The first-order valence-corrected chi connectivity index (χ1v) is 14.0. The summed E-state index contributed by atoms with van der Waals surface area (Å²) >= 11 is 6.67. The molecule has 0 spiro atoms. The predicted octanol–water partition coefficient (Wildman–Crippen LogP) is 5.99. The number of anilines is 1. The van der Waals surface area contributed by atoms with Crippen LogP contribution in [0.3, 0.4) is 0 Å². The zero-order chi connectivity index (χ0) is 28.8. The summed E-state index contributed by atoms with van der Waals surface area (Å²) in [6.07, 6.45) is 3.31. The fourth-order valence-electron chi connectivity index (χ4n) is 4.35. The highest BCUT2D eigenvalue weighted by atomic mass is 32.2. The number of amides is 1. The van der Waals surface area contributed by atoms with Crippen molar-refractivity contribution in [1.29, 1.82) is 5.26 Å². The molecule has 0 atom stereocenters. The molecule has 7 nitrogen and oxygen atoms in total. The highest BCUT2D eigenvalue weighted by Crippen LogP contribution is 2.36. The van der Waals surface area contributed by atoms with Gasteiger partial charge in [-0.25, -0.2) is 4.39 Å². The Hall–Kier alpha value is -3.94. The molecular formula is C30H29FN4O3S2. The number of hydrogen-bond acceptors (Lipinski definition) is 7. The first-order chi connectivity index (χ1) is 19.3. The molecule has 1 aromatic heterocycles. The van der Waals surface area contributed by atoms with E-state index in [-0.39, 0.29) is 29.4 Å². The van der Waals surface area contributed by atoms with Gasteiger partial charge in [-0.2, -0.15) is 5.26 Å². The Morgan fingerprint density at radius 3 is 2.42 bits per heavy atom. The predicted molar refractivity (Wildman–Crippen MR) is 160 cm³/mol. The van der Waals surface area contributed by atoms with E-state index in [0.717, 1.165) is 41.5 Å². The fraction of sp³-hybridized carbons (Fsp3) is 0.267. The van der Waals surface area contributed by atoms with E-state index in [2.05, 4.69) is 11.4 Å². The third-order valence-electron chi connectivity index (χ3n) is 6.63. The van der Waals surface area contributed by atoms with Gasteiger partial charge in [-0.15, -0.1) is 0 Å². The molecule has 3 aromatic rings. The SMILES string of the molecule is CCCCn1c(NCc2ccc(OC)cc2)c(/C=C2/SC(=S)N(Cc3ccc(F)cc3)C2=O)c(C)c(C#N)c1=O. The molecule has 206 valence electrons. The maximum absolute atomic E-state index is 13.4. The number of thiocarbonyl (C=S) groups is 1. The van der Waals surface area contributed by atoms with E-state index in [9.17, 15) is 19.2 Å². The largest absolute Gasteiger partial charge is 0.497 e. The molecule has 1 aliphatic rings. The van der Waals surface area contributed by atoms with Crippen molar-refractivity contribution in [3.8, 4) is 11.8 Å². The number of carbonyl (C=O) groups is 1. The van der Waals surface area contributed by atoms with E-state index in [4.69, 9.17) is 17.0 Å². The van der Waals surface area contributed by atoms with Crippen molar-refractivity contribution in [2.24, 2.45) is 0 Å². The number of thioether (sulfide) groups is 1. The van der Waals surface area contributed by atoms with Crippen LogP contribution >= 0.6 is 24.0 Å². The highest BCUT2D eigenvalue weighted by molar-refractivity contribution is 8.26. The number of aromatic nitrogens is 1. The molecule has 2 heterocycles. The van der Waals surface area contributed by atoms with Gasteiger partial charge < -0.3 is 10.1 Å². The van der Waals surface area contributed by atoms with Crippen LogP contribution in [0.25, 0.3) is 6.08 Å². The second-order valence-corrected chi connectivity index (χ2v) is 11.0. The number of nitrogens with one attached hydrogen (secondary N) is 1. The molecule has 10 heteroatoms. The molecular weight excluding hydrogens is 547 g/mol. The Labute approximate surface area is 242 Å². The molecule has 2 aromatic carbocycles. The van der Waals surface area contributed by atoms with E-state index < -0.39 is 0 Å². The second kappa shape index (κ2) is 12.9. The lowest BCUT2D eigenvalue weighted by atomic mass is 10.0. The van der Waals surface area contributed by atoms with Crippen LogP contribution < -0.4 is 15.6 Å². The molecule has 40 heavy (non-hydrogen) atoms. The van der Waals surface area contributed by atoms with Crippen molar-refractivity contribution < 1.29 is 13.9 Å². The van der Waals surface area contributed by atoms with Gasteiger partial charge in [-0.3, -0.25) is 19.1 Å². The quantitative estimate of drug-likeness (QED) is 0.234. The van der Waals surface area contributed by atoms with Crippen molar-refractivity contribution in [2.45, 2.75) is 46.3 Å². The Balaban J connectivity index is 1.75. The third-order valence-corrected chi connectivity index (χ3v) is 8.01. The zero-order valence-corrected chi connectivity index (χ0v) is 24.1. The molecule has 1 fully saturated rings. The number of rotatable bonds is 10. The summed E-state index contributed by atoms with van der Waals surface area (Å²) in [7, 11) is 1.60. The van der Waals surface area contributed by atoms with Gasteiger partial charge in [0.05, 0.1) is 18.6 Å². The Kier molecular flexibility index (Phi) is 9.40. The summed E-state index contributed by atoms with van der Waals surface area (Å²) < 4.78 is 20.6. The van der Waals surface area contributed by atoms with Gasteiger partial charge in [-0.05, 0) is 60.4 Å². The highest BCUT2D eigenvalue weighted by Gasteiger charge is 2.33. The van der Waals surface area contributed by atoms with Crippen molar-refractivity contribution in [3.05, 3.63) is 97.4 Å². The number of methoxy groups -OCH3 is 1. The molecule has 0 saturated carbocycles. The summed E-state index contributed by atoms with van der Waals surface area (Å²) in [6.45, 7) is 4.79. The van der Waals surface area contributed by atoms with Crippen LogP contribution in [0.2, 0.25) is 0 Å². The summed E-state index contributed by atoms with van der Waals surface area (Å²) in [6, 6.07) is 15.6. The third kappa shape index (κ3) is 6.27. The maximum Gasteiger partial charge on any atom is 0.270 e. The van der Waals surface area contributed by atoms with Gasteiger partial charge in [0.2, 0.25) is 0 Å². The Morgan fingerprint density at radius 2 is 1.80 bits per heavy atom. The molecule has 0 radical (unpaired) electrons. The first kappa shape index (κ1) is 29.1. The molecule has 4 rings (SSSR count). The molecule has 1 amide bonds. The molecule has 1 N–H and O–H groups in total. The number of nitriles is 1. The van der Waals surface area contributed by atoms with Crippen molar-refractivity contribution in [2.75, 3.05) is 12.4 Å². The first-order valence-electron chi connectivity index (χ1n) is 12.8. The maximum atomic E-state index is 13.4. The summed E-state index contributed by atoms with van der Waals surface area (Å²) in [5, 5.41) is 13.3. The lowest BCUT2D eigenvalue weighted by Gasteiger charge is -2.20. The average Bonchev–Trinajstić information content (AvgIpc) is 3.22. The Bertz CT molecular complexity index is 1560. The second-order valence-electron chi connectivity index (χ2n) is 9.28. The number of pyridine rings is 1. The monoisotopic (exact) mass is 576 g/mol. The summed E-state index contributed by atoms with van der Waals surface area (Å²) in [5.74, 6) is 0.631. The van der Waals surface area contributed by atoms with Gasteiger partial charge in [0.15, 0.2) is 0 Å². The van der Waals surface area contributed by atoms with Crippen molar-refractivity contribution in [3.63, 3.8) is 0 Å². The van der Waals surface area contributed by atoms with Crippen molar-refractivity contribution in [1.82, 2.24) is 9.47 Å². The summed E-state index contributed by atoms with van der Waals surface area (Å²) in [5.41, 5.74) is 2.46. The number of ether oxygens (including phenoxy) is 1. The van der Waals surface area contributed by atoms with Crippen LogP contribution in [0, 0.1) is 24.1 Å². The van der Waals surface area contributed by atoms with Crippen LogP contribution in [0.15, 0.2) is 58.2 Å². The molecule has 0 bridgehead atoms. The standard InChI is InChI=1S/C30H29FN4O3S2/c1-4-5-14-34-27(33-17-20-8-12-23(38-3)13-9-20)24(19(2)25(16-32)28(34)36)15-26-29(37)35(30(39)40-26)18-21-6-10-22(31)11-7-21/h6-13,15,33H,4-5,14,17-18H2,1-3H3/b26-15+. The van der Waals surface area contributed by atoms with E-state index in [1.807, 2.05) is 31.2 Å². The van der Waals surface area contributed by atoms with Gasteiger partial charge in [0.25, 0.3) is 11.5 Å². The minimum atomic E-state index is -0.369. The lowest BCUT2D eigenvalue weighted by molar-refractivity contribution is -0.122. The molecule has 1 aliphatic heterocycles. The van der Waals surface area contributed by atoms with Crippen molar-refractivity contribution >= 4 is 46.1 Å². The molecule has 0 unspecified atom stereocenters. The van der Waals surface area contributed by atoms with Gasteiger partial charge >= 0.3 is 0 Å². The number of nitrogens with zero attached hydrogens (tertiary/aromatic N) is 3. The minimum Gasteiger partial charge on any atom is -0.497 e. The number of unbranched alkanes of at least 4 members (excludes halogenated alkanes) is 1. The van der Waals surface area contributed by atoms with Gasteiger partial charge in [-0.1, -0.05) is 61.6 Å². The fourth-order valence-corrected chi connectivity index (χ4v) is 5.59. The van der Waals surface area contributed by atoms with Crippen LogP contribution in [0.1, 0.15) is 47.6 Å². The summed E-state index contributed by atoms with van der Waals surface area (Å²) in [4.78, 5) is 28.7. The number of hydrogen-bond donors (Lipinski definition) is 1. The van der Waals surface area contributed by atoms with Crippen LogP contribution in [-0.4, -0.2) is 26.8 Å². The van der Waals surface area contributed by atoms with E-state index >= 15 is 0 Å². The molecule has 1 saturated heterocycles. The normalized spacial score (nSPS) is 14.1. The van der Waals surface area contributed by atoms with E-state index in [0.29, 0.717) is 39.3 Å². The number of benzene rings is 2. The van der Waals surface area contributed by atoms with Gasteiger partial charge in [0.1, 0.15) is 33.3 Å². The van der Waals surface area contributed by atoms with Crippen LogP contribution in [0.5, 0.6) is 5.75 Å². The van der Waals surface area contributed by atoms with Gasteiger partial charge in [0, 0.05) is 18.7 Å². The van der Waals surface area contributed by atoms with E-state index in [1.54, 1.807) is 36.8 Å². The number of carbonyl (C=O) groups excluding carboxylic acids is 1. The molecule has 0 aliphatic carbocycles. The van der Waals surface area contributed by atoms with Crippen LogP contribution in [-0.2, 0) is 24.4 Å². The number of halogens is 1. The smallest absolute Gasteiger partial charge is 0.270 e. The minimum absolute atomic E-state index is 0.0409. The topological polar surface area (TPSA) is 87.4 Å². The van der Waals surface area contributed by atoms with E-state index in [1.165, 1.54) is 17.0 Å². The lowest BCUT2D eigenvalue weighted by Crippen LogP contribution is -2.28. The average molecular weight is 577 g/mol.